The molecule has 114 heavy (non-hydrogen) atoms. The summed E-state index contributed by atoms with van der Waals surface area (Å²) >= 11 is 0. The molecule has 2 bridgehead atoms. The molecule has 0 unspecified atom stereocenters. The van der Waals surface area contributed by atoms with Crippen molar-refractivity contribution in [2.45, 2.75) is 209 Å². The number of nitrogens with zero attached hydrogens (tertiary/aromatic N) is 1. The molecule has 1 aromatic heterocycles. The number of esters is 1. The van der Waals surface area contributed by atoms with Gasteiger partial charge in [-0.2, -0.15) is 0 Å². The minimum Gasteiger partial charge on any atom is -0.481 e. The molecular formula is C72H99N17O25. The highest BCUT2D eigenvalue weighted by Crippen LogP contribution is 2.22. The number of nitrogens with two attached hydrogens (primary N) is 3. The van der Waals surface area contributed by atoms with Crippen LogP contribution in [-0.2, 0) is 102 Å². The molecule has 13 atom stereocenters. The number of hydrogen-bond donors (Lipinski definition) is 20. The van der Waals surface area contributed by atoms with E-state index in [1.807, 2.05) is 5.32 Å². The predicted molar refractivity (Wildman–Crippen MR) is 396 cm³/mol. The fourth-order valence-corrected chi connectivity index (χ4v) is 12.2. The number of aliphatic hydroxyl groups excluding tert-OH is 1. The second kappa shape index (κ2) is 45.1. The summed E-state index contributed by atoms with van der Waals surface area (Å²) in [6.45, 7) is 1.23. The molecule has 15 amide bonds. The Balaban J connectivity index is 1.59. The Morgan fingerprint density at radius 3 is 1.86 bits per heavy atom. The molecule has 0 spiro atoms. The van der Waals surface area contributed by atoms with Gasteiger partial charge in [0.05, 0.1) is 45.3 Å². The molecule has 622 valence electrons. The minimum atomic E-state index is -2.44. The Morgan fingerprint density at radius 2 is 1.22 bits per heavy atom. The van der Waals surface area contributed by atoms with Crippen molar-refractivity contribution in [2.24, 2.45) is 17.4 Å². The molecule has 42 heteroatoms. The number of amides is 15. The number of hydrogen-bond acceptors (Lipinski definition) is 24. The second-order valence-corrected chi connectivity index (χ2v) is 27.5. The van der Waals surface area contributed by atoms with Gasteiger partial charge in [-0.05, 0) is 69.3 Å². The Labute approximate surface area is 651 Å². The SMILES string of the molecule is CCCCCCCCCC(=O)N[C@@H](Cc1c[nH]c2ccccc12)C(=O)N[C@H](CC(N)=O)C(=O)N[C@@H](CC(=O)O)C(=O)N[C@@H]1C(=O)NCC(=O)N[C@@H](CCCN)C(=O)N[C@@H](CC(=O)O)C(=O)N[C@H](C)C(=O)N[C@H]2CC(=O)N(CC(=O)N[C@H](CO)C(=O)N[C@@H]([C@H](C)CC(=O)O)C(=O)N[C@@H](CC(=O)c3ccccc3N)C(=O)O[C@@H]1C)C2=O. The third-order valence-electron chi connectivity index (χ3n) is 18.3. The maximum Gasteiger partial charge on any atom is 0.329 e. The maximum atomic E-state index is 14.8. The molecule has 2 aromatic carbocycles. The summed E-state index contributed by atoms with van der Waals surface area (Å²) in [6, 6.07) is -9.90. The molecule has 3 heterocycles. The zero-order chi connectivity index (χ0) is 84.6. The third-order valence-corrected chi connectivity index (χ3v) is 18.3. The lowest BCUT2D eigenvalue weighted by atomic mass is 9.96. The van der Waals surface area contributed by atoms with Crippen LogP contribution in [0.25, 0.3) is 10.9 Å². The van der Waals surface area contributed by atoms with Crippen molar-refractivity contribution >= 4 is 135 Å². The summed E-state index contributed by atoms with van der Waals surface area (Å²) in [5.74, 6) is -28.5. The van der Waals surface area contributed by atoms with Crippen LogP contribution in [0, 0.1) is 5.92 Å². The van der Waals surface area contributed by atoms with Crippen LogP contribution in [0.4, 0.5) is 5.69 Å². The van der Waals surface area contributed by atoms with Crippen LogP contribution >= 0.6 is 0 Å². The number of H-pyrrole nitrogens is 1. The number of benzene rings is 2. The number of ether oxygens (including phenoxy) is 1. The smallest absolute Gasteiger partial charge is 0.329 e. The standard InChI is InChI=1S/C72H99N17O25/c1-5-6-7-8-9-10-11-22-53(93)80-44(25-38-31-76-42-20-15-13-17-39(38)42)65(106)82-45(27-52(75)92)66(107)84-47(30-59(101)102)67(108)88-61-37(4)114-72(113)49(26-51(91)40-18-12-14-19-41(40)74)86-70(111)60(35(2)24-57(97)98)87-68(109)50(34-90)81-55(95)33-89-56(96)28-48(71(89)112)85-62(103)36(3)78-64(105)46(29-58(99)100)83-63(104)43(21-16-23-73)79-54(94)32-77-69(61)110/h12-15,17-20,31,35-37,43-50,60-61,76,90H,5-11,16,21-30,32-34,73-74H2,1-4H3,(H2,75,92)(H,77,110)(H,78,105)(H,79,94)(H,80,93)(H,81,95)(H,82,106)(H,83,104)(H,84,107)(H,85,103)(H,86,111)(H,87,109)(H,88,108)(H,97,98)(H,99,100)(H,101,102)/t35-,36-,37-,43+,44+,45-,46+,47+,48+,49+,50-,60+,61+/m1/s1. The monoisotopic (exact) mass is 1600 g/mol. The number of carboxylic acids is 3. The third kappa shape index (κ3) is 29.0. The quantitative estimate of drug-likeness (QED) is 0.00889. The number of rotatable bonds is 33. The number of aromatic nitrogens is 1. The first kappa shape index (κ1) is 92.1. The summed E-state index contributed by atoms with van der Waals surface area (Å²) < 4.78 is 5.69. The molecule has 2 fully saturated rings. The zero-order valence-corrected chi connectivity index (χ0v) is 63.1. The fourth-order valence-electron chi connectivity index (χ4n) is 12.2. The number of aliphatic carboxylic acids is 3. The second-order valence-electron chi connectivity index (χ2n) is 27.5. The molecule has 23 N–H and O–H groups in total. The highest BCUT2D eigenvalue weighted by atomic mass is 16.5. The number of aromatic amines is 1. The predicted octanol–water partition coefficient (Wildman–Crippen LogP) is -5.45. The van der Waals surface area contributed by atoms with E-state index in [1.54, 1.807) is 30.5 Å². The maximum absolute atomic E-state index is 14.8. The van der Waals surface area contributed by atoms with E-state index in [4.69, 9.17) is 21.9 Å². The lowest BCUT2D eigenvalue weighted by Gasteiger charge is -2.30. The molecule has 5 rings (SSSR count). The van der Waals surface area contributed by atoms with Crippen molar-refractivity contribution in [1.82, 2.24) is 73.7 Å². The number of para-hydroxylation sites is 2. The van der Waals surface area contributed by atoms with E-state index in [0.717, 1.165) is 52.9 Å². The number of ketones is 1. The number of carbonyl (C=O) groups excluding carboxylic acids is 17. The number of nitrogens with one attached hydrogen (secondary N) is 13. The van der Waals surface area contributed by atoms with Crippen molar-refractivity contribution in [3.63, 3.8) is 0 Å². The number of carboxylic acid groups (broad SMARTS) is 3. The Kier molecular flexibility index (Phi) is 36.5. The van der Waals surface area contributed by atoms with E-state index in [1.165, 1.54) is 24.3 Å². The molecule has 2 aliphatic heterocycles. The zero-order valence-electron chi connectivity index (χ0n) is 63.1. The first-order chi connectivity index (χ1) is 53.9. The first-order valence-corrected chi connectivity index (χ1v) is 36.8. The van der Waals surface area contributed by atoms with Gasteiger partial charge in [-0.15, -0.1) is 0 Å². The Hall–Kier alpha value is -12.5. The molecule has 0 radical (unpaired) electrons. The van der Waals surface area contributed by atoms with Crippen molar-refractivity contribution in [3.05, 3.63) is 65.9 Å². The highest BCUT2D eigenvalue weighted by molar-refractivity contribution is 6.10. The van der Waals surface area contributed by atoms with Crippen molar-refractivity contribution in [1.29, 1.82) is 0 Å². The Bertz CT molecular complexity index is 4080. The number of anilines is 1. The fraction of sp³-hybridized carbons (Fsp3) is 0.528. The van der Waals surface area contributed by atoms with E-state index in [9.17, 15) is 116 Å². The van der Waals surface area contributed by atoms with Crippen molar-refractivity contribution in [2.75, 3.05) is 32.0 Å². The Morgan fingerprint density at radius 1 is 0.614 bits per heavy atom. The molecule has 0 saturated carbocycles. The number of nitrogen functional groups attached to an aromatic ring is 1. The average molecular weight is 1600 g/mol. The summed E-state index contributed by atoms with van der Waals surface area (Å²) in [4.78, 5) is 278. The molecule has 2 saturated heterocycles. The normalized spacial score (nSPS) is 21.8. The van der Waals surface area contributed by atoms with Gasteiger partial charge in [-0.25, -0.2) is 4.79 Å². The van der Waals surface area contributed by atoms with E-state index >= 15 is 0 Å². The van der Waals surface area contributed by atoms with Crippen molar-refractivity contribution < 1.29 is 121 Å². The van der Waals surface area contributed by atoms with E-state index in [-0.39, 0.29) is 43.5 Å². The number of Topliss-reactive ketones (excluding diaryl/α,β-unsaturated/α-hetero) is 1. The van der Waals surface area contributed by atoms with Crippen molar-refractivity contribution in [3.8, 4) is 0 Å². The van der Waals surface area contributed by atoms with E-state index in [2.05, 4.69) is 70.4 Å². The van der Waals surface area contributed by atoms with Gasteiger partial charge in [0, 0.05) is 47.6 Å². The van der Waals surface area contributed by atoms with Gasteiger partial charge in [-0.3, -0.25) is 96.0 Å². The molecule has 0 aliphatic carbocycles. The van der Waals surface area contributed by atoms with E-state index < -0.39 is 255 Å². The van der Waals surface area contributed by atoms with Gasteiger partial charge in [-0.1, -0.05) is 82.7 Å². The molecule has 3 aromatic rings. The molecule has 2 aliphatic rings. The summed E-state index contributed by atoms with van der Waals surface area (Å²) in [5.41, 5.74) is 18.1. The number of cyclic esters (lactones) is 1. The van der Waals surface area contributed by atoms with Gasteiger partial charge in [0.25, 0.3) is 5.91 Å². The van der Waals surface area contributed by atoms with Crippen LogP contribution in [0.5, 0.6) is 0 Å². The van der Waals surface area contributed by atoms with E-state index in [0.29, 0.717) is 34.2 Å². The number of unbranched alkanes of at least 4 members (excludes halogenated alkanes) is 6. The topological polar surface area (TPSA) is 673 Å². The minimum absolute atomic E-state index is 0.0141. The van der Waals surface area contributed by atoms with Crippen LogP contribution in [0.2, 0.25) is 0 Å². The number of carbonyl (C=O) groups is 20. The largest absolute Gasteiger partial charge is 0.481 e. The van der Waals surface area contributed by atoms with Gasteiger partial charge >= 0.3 is 23.9 Å². The number of fused-ring (bicyclic) bond motifs is 3. The highest BCUT2D eigenvalue weighted by Gasteiger charge is 2.44. The number of primary amides is 1. The van der Waals surface area contributed by atoms with Gasteiger partial charge in [0.1, 0.15) is 79.1 Å². The summed E-state index contributed by atoms with van der Waals surface area (Å²) in [6.07, 6.45) is -1.75. The van der Waals surface area contributed by atoms with Gasteiger partial charge in [0.2, 0.25) is 82.7 Å². The van der Waals surface area contributed by atoms with Crippen LogP contribution in [0.3, 0.4) is 0 Å². The summed E-state index contributed by atoms with van der Waals surface area (Å²) in [5, 5.41) is 67.5. The van der Waals surface area contributed by atoms with Crippen LogP contribution in [0.1, 0.15) is 146 Å². The van der Waals surface area contributed by atoms with Crippen LogP contribution < -0.4 is 81.0 Å². The number of imide groups is 1. The van der Waals surface area contributed by atoms with Gasteiger partial charge < -0.3 is 111 Å². The first-order valence-electron chi connectivity index (χ1n) is 36.8. The molecular weight excluding hydrogens is 1500 g/mol. The van der Waals surface area contributed by atoms with Crippen LogP contribution in [0.15, 0.2) is 54.7 Å². The number of aliphatic hydroxyl groups is 1. The lowest BCUT2D eigenvalue weighted by Crippen LogP contribution is -2.62. The van der Waals surface area contributed by atoms with Gasteiger partial charge in [0.15, 0.2) is 5.78 Å². The van der Waals surface area contributed by atoms with Crippen LogP contribution in [-0.4, -0.2) is 247 Å². The summed E-state index contributed by atoms with van der Waals surface area (Å²) in [7, 11) is 0. The molecule has 42 nitrogen and oxygen atoms in total. The average Bonchev–Trinajstić information content (AvgIpc) is 1.73. The lowest BCUT2D eigenvalue weighted by molar-refractivity contribution is -0.156.